The lowest BCUT2D eigenvalue weighted by Crippen LogP contribution is -2.46. The molecule has 5 nitrogen and oxygen atoms in total. The van der Waals surface area contributed by atoms with Crippen LogP contribution in [0.5, 0.6) is 0 Å². The van der Waals surface area contributed by atoms with Gasteiger partial charge in [0, 0.05) is 5.75 Å². The molecule has 1 heterocycles. The van der Waals surface area contributed by atoms with E-state index in [9.17, 15) is 4.79 Å². The Hall–Kier alpha value is -1.44. The number of aromatic nitrogens is 2. The van der Waals surface area contributed by atoms with E-state index in [4.69, 9.17) is 10.5 Å². The summed E-state index contributed by atoms with van der Waals surface area (Å²) >= 11 is 3.08. The lowest BCUT2D eigenvalue weighted by Gasteiger charge is -2.26. The second-order valence-electron chi connectivity index (χ2n) is 4.51. The third kappa shape index (κ3) is 3.81. The predicted molar refractivity (Wildman–Crippen MR) is 84.3 cm³/mol. The second-order valence-corrected chi connectivity index (χ2v) is 7.04. The molecular formula is C14H17N3O2S2. The Morgan fingerprint density at radius 3 is 2.67 bits per heavy atom. The number of nitrogens with zero attached hydrogens (tertiary/aromatic N) is 2. The highest BCUT2D eigenvalue weighted by molar-refractivity contribution is 8.01. The highest BCUT2D eigenvalue weighted by Crippen LogP contribution is 2.29. The van der Waals surface area contributed by atoms with Gasteiger partial charge < -0.3 is 10.5 Å². The van der Waals surface area contributed by atoms with E-state index in [0.717, 1.165) is 14.9 Å². The van der Waals surface area contributed by atoms with E-state index in [1.54, 1.807) is 11.8 Å². The molecule has 1 atom stereocenters. The normalized spacial score (nSPS) is 13.7. The average Bonchev–Trinajstić information content (AvgIpc) is 2.92. The monoisotopic (exact) mass is 323 g/mol. The number of rotatable bonds is 6. The minimum absolute atomic E-state index is 0.428. The minimum atomic E-state index is -1.14. The maximum absolute atomic E-state index is 12.1. The van der Waals surface area contributed by atoms with Crippen molar-refractivity contribution in [2.45, 2.75) is 23.2 Å². The first-order valence-corrected chi connectivity index (χ1v) is 8.22. The summed E-state index contributed by atoms with van der Waals surface area (Å²) in [4.78, 5) is 12.1. The van der Waals surface area contributed by atoms with Gasteiger partial charge in [-0.05, 0) is 18.9 Å². The number of nitrogens with two attached hydrogens (primary N) is 1. The molecule has 1 aromatic carbocycles. The van der Waals surface area contributed by atoms with E-state index < -0.39 is 11.5 Å². The number of methoxy groups -OCH3 is 1. The SMILES string of the molecule is COC(=O)C(N)(CCSc1nnc(C)s1)c1ccccc1. The van der Waals surface area contributed by atoms with Gasteiger partial charge in [0.15, 0.2) is 4.34 Å². The molecular weight excluding hydrogens is 306 g/mol. The van der Waals surface area contributed by atoms with E-state index in [1.165, 1.54) is 18.4 Å². The molecule has 0 aliphatic rings. The lowest BCUT2D eigenvalue weighted by molar-refractivity contribution is -0.147. The fourth-order valence-corrected chi connectivity index (χ4v) is 3.88. The molecule has 2 rings (SSSR count). The van der Waals surface area contributed by atoms with Crippen LogP contribution in [-0.4, -0.2) is 29.0 Å². The third-order valence-electron chi connectivity index (χ3n) is 3.07. The molecule has 0 spiro atoms. The molecule has 0 radical (unpaired) electrons. The van der Waals surface area contributed by atoms with Crippen LogP contribution in [0.4, 0.5) is 0 Å². The number of aryl methyl sites for hydroxylation is 1. The van der Waals surface area contributed by atoms with Crippen molar-refractivity contribution >= 4 is 29.1 Å². The van der Waals surface area contributed by atoms with Gasteiger partial charge in [-0.15, -0.1) is 10.2 Å². The summed E-state index contributed by atoms with van der Waals surface area (Å²) in [6.07, 6.45) is 0.465. The Kier molecular flexibility index (Phi) is 5.33. The van der Waals surface area contributed by atoms with Crippen molar-refractivity contribution in [2.24, 2.45) is 5.73 Å². The van der Waals surface area contributed by atoms with Gasteiger partial charge in [-0.25, -0.2) is 4.79 Å². The molecule has 0 bridgehead atoms. The first-order chi connectivity index (χ1) is 10.1. The highest BCUT2D eigenvalue weighted by Gasteiger charge is 2.36. The van der Waals surface area contributed by atoms with Crippen molar-refractivity contribution in [3.8, 4) is 0 Å². The van der Waals surface area contributed by atoms with Crippen LogP contribution in [0.2, 0.25) is 0 Å². The maximum atomic E-state index is 12.1. The summed E-state index contributed by atoms with van der Waals surface area (Å²) in [7, 11) is 1.36. The Labute approximate surface area is 131 Å². The predicted octanol–water partition coefficient (Wildman–Crippen LogP) is 2.36. The molecule has 2 aromatic rings. The zero-order valence-corrected chi connectivity index (χ0v) is 13.5. The summed E-state index contributed by atoms with van der Waals surface area (Å²) in [6.45, 7) is 1.91. The number of benzene rings is 1. The van der Waals surface area contributed by atoms with Crippen molar-refractivity contribution in [1.29, 1.82) is 0 Å². The summed E-state index contributed by atoms with van der Waals surface area (Å²) in [5, 5.41) is 8.94. The number of esters is 1. The van der Waals surface area contributed by atoms with Crippen LogP contribution >= 0.6 is 23.1 Å². The zero-order valence-electron chi connectivity index (χ0n) is 11.9. The lowest BCUT2D eigenvalue weighted by atomic mass is 9.88. The van der Waals surface area contributed by atoms with Gasteiger partial charge in [0.25, 0.3) is 0 Å². The van der Waals surface area contributed by atoms with Crippen LogP contribution in [0.3, 0.4) is 0 Å². The Morgan fingerprint density at radius 1 is 1.38 bits per heavy atom. The number of carbonyl (C=O) groups is 1. The van der Waals surface area contributed by atoms with E-state index >= 15 is 0 Å². The van der Waals surface area contributed by atoms with Crippen LogP contribution < -0.4 is 5.73 Å². The molecule has 112 valence electrons. The molecule has 2 N–H and O–H groups in total. The fraction of sp³-hybridized carbons (Fsp3) is 0.357. The minimum Gasteiger partial charge on any atom is -0.467 e. The quantitative estimate of drug-likeness (QED) is 0.649. The number of hydrogen-bond acceptors (Lipinski definition) is 7. The molecule has 1 unspecified atom stereocenters. The standard InChI is InChI=1S/C14H17N3O2S2/c1-10-16-17-13(21-10)20-9-8-14(15,12(18)19-2)11-6-4-3-5-7-11/h3-7H,8-9,15H2,1-2H3. The molecule has 7 heteroatoms. The average molecular weight is 323 g/mol. The number of ether oxygens (including phenoxy) is 1. The van der Waals surface area contributed by atoms with E-state index in [0.29, 0.717) is 12.2 Å². The van der Waals surface area contributed by atoms with Gasteiger partial charge in [0.05, 0.1) is 7.11 Å². The van der Waals surface area contributed by atoms with Gasteiger partial charge in [-0.3, -0.25) is 0 Å². The summed E-state index contributed by atoms with van der Waals surface area (Å²) in [5.74, 6) is 0.234. The van der Waals surface area contributed by atoms with Gasteiger partial charge in [0.1, 0.15) is 10.5 Å². The fourth-order valence-electron chi connectivity index (χ4n) is 1.92. The third-order valence-corrected chi connectivity index (χ3v) is 5.04. The van der Waals surface area contributed by atoms with Crippen molar-refractivity contribution < 1.29 is 9.53 Å². The largest absolute Gasteiger partial charge is 0.467 e. The summed E-state index contributed by atoms with van der Waals surface area (Å²) in [6, 6.07) is 9.30. The summed E-state index contributed by atoms with van der Waals surface area (Å²) in [5.41, 5.74) is 5.94. The van der Waals surface area contributed by atoms with Crippen LogP contribution in [-0.2, 0) is 15.1 Å². The van der Waals surface area contributed by atoms with Crippen LogP contribution in [0, 0.1) is 6.92 Å². The van der Waals surface area contributed by atoms with Gasteiger partial charge >= 0.3 is 5.97 Å². The first kappa shape index (κ1) is 15.9. The second kappa shape index (κ2) is 7.02. The van der Waals surface area contributed by atoms with Crippen LogP contribution in [0.15, 0.2) is 34.7 Å². The Bertz CT molecular complexity index is 603. The maximum Gasteiger partial charge on any atom is 0.330 e. The molecule has 0 saturated heterocycles. The van der Waals surface area contributed by atoms with Crippen molar-refractivity contribution in [3.05, 3.63) is 40.9 Å². The number of hydrogen-bond donors (Lipinski definition) is 1. The summed E-state index contributed by atoms with van der Waals surface area (Å²) < 4.78 is 5.76. The van der Waals surface area contributed by atoms with Crippen molar-refractivity contribution in [3.63, 3.8) is 0 Å². The number of carbonyl (C=O) groups excluding carboxylic acids is 1. The van der Waals surface area contributed by atoms with Crippen LogP contribution in [0.1, 0.15) is 17.0 Å². The van der Waals surface area contributed by atoms with Gasteiger partial charge in [0.2, 0.25) is 0 Å². The Balaban J connectivity index is 2.08. The number of thioether (sulfide) groups is 1. The molecule has 0 fully saturated rings. The molecule has 21 heavy (non-hydrogen) atoms. The highest BCUT2D eigenvalue weighted by atomic mass is 32.2. The van der Waals surface area contributed by atoms with E-state index in [2.05, 4.69) is 10.2 Å². The smallest absolute Gasteiger partial charge is 0.330 e. The van der Waals surface area contributed by atoms with Crippen molar-refractivity contribution in [2.75, 3.05) is 12.9 Å². The van der Waals surface area contributed by atoms with Crippen molar-refractivity contribution in [1.82, 2.24) is 10.2 Å². The van der Waals surface area contributed by atoms with E-state index in [-0.39, 0.29) is 0 Å². The zero-order chi connectivity index (χ0) is 15.3. The topological polar surface area (TPSA) is 78.1 Å². The molecule has 0 saturated carbocycles. The first-order valence-electron chi connectivity index (χ1n) is 6.42. The van der Waals surface area contributed by atoms with Gasteiger partial charge in [-0.1, -0.05) is 53.4 Å². The van der Waals surface area contributed by atoms with E-state index in [1.807, 2.05) is 37.3 Å². The molecule has 0 aliphatic carbocycles. The molecule has 1 aromatic heterocycles. The van der Waals surface area contributed by atoms with Gasteiger partial charge in [-0.2, -0.15) is 0 Å². The van der Waals surface area contributed by atoms with Crippen LogP contribution in [0.25, 0.3) is 0 Å². The Morgan fingerprint density at radius 2 is 2.10 bits per heavy atom. The molecule has 0 aliphatic heterocycles. The molecule has 0 amide bonds.